The highest BCUT2D eigenvalue weighted by molar-refractivity contribution is 7.09. The molecule has 2 rings (SSSR count). The van der Waals surface area contributed by atoms with Crippen LogP contribution < -0.4 is 0 Å². The van der Waals surface area contributed by atoms with Gasteiger partial charge < -0.3 is 5.11 Å². The van der Waals surface area contributed by atoms with E-state index in [2.05, 4.69) is 9.36 Å². The third-order valence-electron chi connectivity index (χ3n) is 1.61. The van der Waals surface area contributed by atoms with Gasteiger partial charge in [-0.05, 0) is 24.5 Å². The molecule has 1 N–H and O–H groups in total. The molecule has 0 saturated carbocycles. The molecule has 0 aliphatic rings. The maximum Gasteiger partial charge on any atom is 0.148 e. The molecule has 2 aromatic heterocycles. The van der Waals surface area contributed by atoms with Crippen molar-refractivity contribution < 1.29 is 5.11 Å². The third kappa shape index (κ3) is 1.77. The molecule has 5 heteroatoms. The average Bonchev–Trinajstić information content (AvgIpc) is 2.72. The van der Waals surface area contributed by atoms with E-state index in [1.165, 1.54) is 22.9 Å². The van der Waals surface area contributed by atoms with Gasteiger partial charge in [0.05, 0.1) is 5.69 Å². The monoisotopic (exact) mass is 212 g/mol. The van der Waals surface area contributed by atoms with Gasteiger partial charge in [-0.3, -0.25) is 0 Å². The number of aliphatic hydroxyl groups is 1. The number of aliphatic hydroxyl groups excluding tert-OH is 1. The Kier molecular flexibility index (Phi) is 2.39. The van der Waals surface area contributed by atoms with Crippen molar-refractivity contribution in [3.8, 4) is 0 Å². The first-order valence-electron chi connectivity index (χ1n) is 3.78. The number of rotatable bonds is 2. The summed E-state index contributed by atoms with van der Waals surface area (Å²) in [4.78, 5) is 4.20. The van der Waals surface area contributed by atoms with Crippen molar-refractivity contribution in [2.24, 2.45) is 0 Å². The van der Waals surface area contributed by atoms with Crippen LogP contribution in [0.3, 0.4) is 0 Å². The summed E-state index contributed by atoms with van der Waals surface area (Å²) in [5.74, 6) is 0. The first kappa shape index (κ1) is 8.80. The molecular formula is C8H8N2OS2. The maximum absolute atomic E-state index is 9.79. The van der Waals surface area contributed by atoms with Gasteiger partial charge in [0.25, 0.3) is 0 Å². The first-order valence-corrected chi connectivity index (χ1v) is 5.49. The fourth-order valence-corrected chi connectivity index (χ4v) is 2.32. The molecule has 0 fully saturated rings. The van der Waals surface area contributed by atoms with Crippen LogP contribution in [0.25, 0.3) is 0 Å². The zero-order chi connectivity index (χ0) is 9.26. The lowest BCUT2D eigenvalue weighted by atomic mass is 10.3. The zero-order valence-corrected chi connectivity index (χ0v) is 8.60. The Bertz CT molecular complexity index is 383. The fourth-order valence-electron chi connectivity index (χ4n) is 0.987. The van der Waals surface area contributed by atoms with Gasteiger partial charge in [-0.1, -0.05) is 0 Å². The summed E-state index contributed by atoms with van der Waals surface area (Å²) < 4.78 is 4.06. The Labute approximate surface area is 83.9 Å². The number of aromatic nitrogens is 2. The number of nitrogens with zero attached hydrogens (tertiary/aromatic N) is 2. The zero-order valence-electron chi connectivity index (χ0n) is 6.97. The second-order valence-electron chi connectivity index (χ2n) is 2.65. The second kappa shape index (κ2) is 3.53. The van der Waals surface area contributed by atoms with Crippen molar-refractivity contribution in [2.45, 2.75) is 13.0 Å². The van der Waals surface area contributed by atoms with E-state index in [4.69, 9.17) is 0 Å². The number of hydrogen-bond donors (Lipinski definition) is 1. The van der Waals surface area contributed by atoms with Gasteiger partial charge in [-0.25, -0.2) is 4.98 Å². The molecule has 0 aromatic carbocycles. The maximum atomic E-state index is 9.79. The van der Waals surface area contributed by atoms with Crippen LogP contribution in [0.5, 0.6) is 0 Å². The minimum absolute atomic E-state index is 0.662. The van der Waals surface area contributed by atoms with Crippen LogP contribution in [-0.2, 0) is 0 Å². The largest absolute Gasteiger partial charge is 0.379 e. The molecule has 2 aromatic rings. The SMILES string of the molecule is Cc1csc(C(O)c2ccsn2)n1. The molecule has 0 aliphatic carbocycles. The van der Waals surface area contributed by atoms with E-state index in [0.29, 0.717) is 10.7 Å². The van der Waals surface area contributed by atoms with Crippen molar-refractivity contribution in [1.29, 1.82) is 0 Å². The van der Waals surface area contributed by atoms with Crippen LogP contribution in [0, 0.1) is 6.92 Å². The molecule has 0 aliphatic heterocycles. The average molecular weight is 212 g/mol. The van der Waals surface area contributed by atoms with E-state index in [9.17, 15) is 5.11 Å². The minimum atomic E-state index is -0.662. The molecule has 13 heavy (non-hydrogen) atoms. The normalized spacial score (nSPS) is 13.1. The molecule has 3 nitrogen and oxygen atoms in total. The van der Waals surface area contributed by atoms with Gasteiger partial charge in [0.2, 0.25) is 0 Å². The summed E-state index contributed by atoms with van der Waals surface area (Å²) in [5.41, 5.74) is 1.62. The topological polar surface area (TPSA) is 46.0 Å². The summed E-state index contributed by atoms with van der Waals surface area (Å²) in [6, 6.07) is 1.81. The molecule has 1 unspecified atom stereocenters. The highest BCUT2D eigenvalue weighted by Gasteiger charge is 2.15. The Morgan fingerprint density at radius 1 is 1.54 bits per heavy atom. The number of hydrogen-bond acceptors (Lipinski definition) is 5. The van der Waals surface area contributed by atoms with E-state index < -0.39 is 6.10 Å². The van der Waals surface area contributed by atoms with E-state index in [-0.39, 0.29) is 0 Å². The Balaban J connectivity index is 2.28. The van der Waals surface area contributed by atoms with Crippen molar-refractivity contribution in [2.75, 3.05) is 0 Å². The second-order valence-corrected chi connectivity index (χ2v) is 4.21. The van der Waals surface area contributed by atoms with Crippen molar-refractivity contribution in [3.63, 3.8) is 0 Å². The van der Waals surface area contributed by atoms with Gasteiger partial charge >= 0.3 is 0 Å². The highest BCUT2D eigenvalue weighted by Crippen LogP contribution is 2.23. The van der Waals surface area contributed by atoms with Crippen molar-refractivity contribution in [1.82, 2.24) is 9.36 Å². The van der Waals surface area contributed by atoms with E-state index in [0.717, 1.165) is 5.69 Å². The first-order chi connectivity index (χ1) is 6.27. The summed E-state index contributed by atoms with van der Waals surface area (Å²) in [7, 11) is 0. The van der Waals surface area contributed by atoms with Gasteiger partial charge in [-0.2, -0.15) is 4.37 Å². The van der Waals surface area contributed by atoms with Gasteiger partial charge in [0.15, 0.2) is 0 Å². The third-order valence-corrected chi connectivity index (χ3v) is 3.20. The quantitative estimate of drug-likeness (QED) is 0.828. The lowest BCUT2D eigenvalue weighted by Crippen LogP contribution is -1.98. The molecule has 1 atom stereocenters. The van der Waals surface area contributed by atoms with Gasteiger partial charge in [0.1, 0.15) is 11.1 Å². The summed E-state index contributed by atoms with van der Waals surface area (Å²) >= 11 is 2.80. The number of thiazole rings is 1. The Hall–Kier alpha value is -0.780. The van der Waals surface area contributed by atoms with Crippen LogP contribution >= 0.6 is 22.9 Å². The lowest BCUT2D eigenvalue weighted by Gasteiger charge is -2.01. The lowest BCUT2D eigenvalue weighted by molar-refractivity contribution is 0.216. The summed E-state index contributed by atoms with van der Waals surface area (Å²) in [6.07, 6.45) is -0.662. The van der Waals surface area contributed by atoms with Crippen LogP contribution in [0.4, 0.5) is 0 Å². The predicted molar refractivity (Wildman–Crippen MR) is 53.0 cm³/mol. The van der Waals surface area contributed by atoms with Crippen LogP contribution in [0.2, 0.25) is 0 Å². The van der Waals surface area contributed by atoms with Crippen molar-refractivity contribution >= 4 is 22.9 Å². The van der Waals surface area contributed by atoms with E-state index >= 15 is 0 Å². The highest BCUT2D eigenvalue weighted by atomic mass is 32.1. The van der Waals surface area contributed by atoms with E-state index in [1.54, 1.807) is 0 Å². The molecular weight excluding hydrogens is 204 g/mol. The van der Waals surface area contributed by atoms with Crippen LogP contribution in [0.1, 0.15) is 22.5 Å². The molecule has 0 saturated heterocycles. The van der Waals surface area contributed by atoms with Crippen molar-refractivity contribution in [3.05, 3.63) is 33.2 Å². The van der Waals surface area contributed by atoms with Gasteiger partial charge in [-0.15, -0.1) is 11.3 Å². The Morgan fingerprint density at radius 2 is 2.38 bits per heavy atom. The van der Waals surface area contributed by atoms with Gasteiger partial charge in [0, 0.05) is 16.5 Å². The predicted octanol–water partition coefficient (Wildman–Crippen LogP) is 1.99. The van der Waals surface area contributed by atoms with Crippen LogP contribution in [-0.4, -0.2) is 14.5 Å². The van der Waals surface area contributed by atoms with E-state index in [1.807, 2.05) is 23.8 Å². The summed E-state index contributed by atoms with van der Waals surface area (Å²) in [6.45, 7) is 1.91. The minimum Gasteiger partial charge on any atom is -0.379 e. The molecule has 0 bridgehead atoms. The molecule has 0 radical (unpaired) electrons. The standard InChI is InChI=1S/C8H8N2OS2/c1-5-4-12-8(9-5)7(11)6-2-3-13-10-6/h2-4,7,11H,1H3. The fraction of sp³-hybridized carbons (Fsp3) is 0.250. The van der Waals surface area contributed by atoms with Crippen LogP contribution in [0.15, 0.2) is 16.8 Å². The molecule has 0 amide bonds. The summed E-state index contributed by atoms with van der Waals surface area (Å²) in [5, 5.41) is 14.3. The molecule has 2 heterocycles. The molecule has 68 valence electrons. The smallest absolute Gasteiger partial charge is 0.148 e. The molecule has 0 spiro atoms. The Morgan fingerprint density at radius 3 is 2.92 bits per heavy atom. The number of aryl methyl sites for hydroxylation is 1.